The number of hydrogen-bond donors (Lipinski definition) is 2. The van der Waals surface area contributed by atoms with E-state index < -0.39 is 0 Å². The van der Waals surface area contributed by atoms with Crippen LogP contribution in [-0.4, -0.2) is 39.4 Å². The molecule has 1 aromatic heterocycles. The van der Waals surface area contributed by atoms with Gasteiger partial charge in [0.25, 0.3) is 5.91 Å². The Morgan fingerprint density at radius 2 is 1.71 bits per heavy atom. The molecule has 0 radical (unpaired) electrons. The number of amides is 2. The van der Waals surface area contributed by atoms with Crippen LogP contribution in [-0.2, 0) is 4.79 Å². The molecule has 0 atom stereocenters. The van der Waals surface area contributed by atoms with E-state index in [-0.39, 0.29) is 17.6 Å². The summed E-state index contributed by atoms with van der Waals surface area (Å²) in [5.41, 5.74) is 3.33. The van der Waals surface area contributed by atoms with E-state index in [1.165, 1.54) is 11.8 Å². The van der Waals surface area contributed by atoms with Crippen LogP contribution in [0, 0.1) is 13.8 Å². The summed E-state index contributed by atoms with van der Waals surface area (Å²) in [5.74, 6) is 0.871. The normalized spacial score (nSPS) is 10.6. The maximum absolute atomic E-state index is 12.9. The number of anilines is 2. The SMILES string of the molecule is COc1ccccc1-n1c(C)nnc1SCC(=O)Nc1ccccc1C(=O)Nc1cccc(C)c1. The van der Waals surface area contributed by atoms with Crippen LogP contribution < -0.4 is 15.4 Å². The highest BCUT2D eigenvalue weighted by molar-refractivity contribution is 7.99. The van der Waals surface area contributed by atoms with Crippen LogP contribution in [0.1, 0.15) is 21.7 Å². The zero-order chi connectivity index (χ0) is 24.8. The molecule has 0 unspecified atom stereocenters. The molecule has 0 aliphatic carbocycles. The molecule has 0 bridgehead atoms. The topological polar surface area (TPSA) is 98.1 Å². The minimum atomic E-state index is -0.300. The standard InChI is InChI=1S/C26H25N5O3S/c1-17-9-8-10-19(15-17)27-25(33)20-11-4-5-12-21(20)28-24(32)16-35-26-30-29-18(2)31(26)22-13-6-7-14-23(22)34-3/h4-15H,16H2,1-3H3,(H,27,33)(H,28,32). The van der Waals surface area contributed by atoms with Crippen LogP contribution >= 0.6 is 11.8 Å². The van der Waals surface area contributed by atoms with Gasteiger partial charge in [0.1, 0.15) is 11.6 Å². The highest BCUT2D eigenvalue weighted by Crippen LogP contribution is 2.28. The molecular formula is C26H25N5O3S. The van der Waals surface area contributed by atoms with Gasteiger partial charge in [-0.25, -0.2) is 0 Å². The van der Waals surface area contributed by atoms with Gasteiger partial charge in [-0.05, 0) is 55.8 Å². The lowest BCUT2D eigenvalue weighted by Gasteiger charge is -2.13. The van der Waals surface area contributed by atoms with Crippen molar-refractivity contribution in [2.24, 2.45) is 0 Å². The second-order valence-corrected chi connectivity index (χ2v) is 8.69. The summed E-state index contributed by atoms with van der Waals surface area (Å²) in [7, 11) is 1.60. The van der Waals surface area contributed by atoms with Gasteiger partial charge in [-0.1, -0.05) is 48.2 Å². The first-order valence-corrected chi connectivity index (χ1v) is 11.9. The second kappa shape index (κ2) is 10.9. The molecule has 9 heteroatoms. The first-order valence-electron chi connectivity index (χ1n) is 10.9. The Bertz CT molecular complexity index is 1370. The molecule has 1 heterocycles. The number of aryl methyl sites for hydroxylation is 2. The largest absolute Gasteiger partial charge is 0.495 e. The number of rotatable bonds is 8. The van der Waals surface area contributed by atoms with Crippen LogP contribution in [0.5, 0.6) is 5.75 Å². The number of nitrogens with zero attached hydrogens (tertiary/aromatic N) is 3. The molecule has 4 aromatic rings. The molecule has 35 heavy (non-hydrogen) atoms. The predicted octanol–water partition coefficient (Wildman–Crippen LogP) is 4.88. The molecule has 2 N–H and O–H groups in total. The van der Waals surface area contributed by atoms with Crippen LogP contribution in [0.4, 0.5) is 11.4 Å². The van der Waals surface area contributed by atoms with Gasteiger partial charge in [0.2, 0.25) is 5.91 Å². The summed E-state index contributed by atoms with van der Waals surface area (Å²) in [6.07, 6.45) is 0. The van der Waals surface area contributed by atoms with Crippen LogP contribution in [0.15, 0.2) is 78.0 Å². The first kappa shape index (κ1) is 24.0. The maximum atomic E-state index is 12.9. The molecule has 3 aromatic carbocycles. The summed E-state index contributed by atoms with van der Waals surface area (Å²) in [6.45, 7) is 3.80. The van der Waals surface area contributed by atoms with E-state index in [0.29, 0.717) is 33.7 Å². The quantitative estimate of drug-likeness (QED) is 0.344. The van der Waals surface area contributed by atoms with E-state index >= 15 is 0 Å². The van der Waals surface area contributed by atoms with Crippen molar-refractivity contribution in [1.82, 2.24) is 14.8 Å². The molecular weight excluding hydrogens is 462 g/mol. The van der Waals surface area contributed by atoms with Gasteiger partial charge in [0.05, 0.1) is 29.8 Å². The fourth-order valence-corrected chi connectivity index (χ4v) is 4.35. The maximum Gasteiger partial charge on any atom is 0.257 e. The molecule has 0 saturated heterocycles. The number of aromatic nitrogens is 3. The summed E-state index contributed by atoms with van der Waals surface area (Å²) in [4.78, 5) is 25.7. The lowest BCUT2D eigenvalue weighted by Crippen LogP contribution is -2.19. The van der Waals surface area contributed by atoms with Crippen molar-refractivity contribution < 1.29 is 14.3 Å². The smallest absolute Gasteiger partial charge is 0.257 e. The van der Waals surface area contributed by atoms with E-state index in [1.807, 2.05) is 66.9 Å². The zero-order valence-corrected chi connectivity index (χ0v) is 20.4. The first-order chi connectivity index (χ1) is 17.0. The number of carbonyl (C=O) groups excluding carboxylic acids is 2. The van der Waals surface area contributed by atoms with Crippen molar-refractivity contribution in [3.05, 3.63) is 89.7 Å². The van der Waals surface area contributed by atoms with Crippen molar-refractivity contribution in [2.75, 3.05) is 23.5 Å². The predicted molar refractivity (Wildman–Crippen MR) is 138 cm³/mol. The number of ether oxygens (including phenoxy) is 1. The van der Waals surface area contributed by atoms with E-state index in [9.17, 15) is 9.59 Å². The molecule has 0 aliphatic rings. The van der Waals surface area contributed by atoms with Gasteiger partial charge < -0.3 is 15.4 Å². The van der Waals surface area contributed by atoms with Crippen molar-refractivity contribution in [1.29, 1.82) is 0 Å². The fraction of sp³-hybridized carbons (Fsp3) is 0.154. The third kappa shape index (κ3) is 5.70. The molecule has 178 valence electrons. The Kier molecular flexibility index (Phi) is 7.47. The molecule has 2 amide bonds. The summed E-state index contributed by atoms with van der Waals surface area (Å²) in [5, 5.41) is 14.7. The molecule has 4 rings (SSSR count). The van der Waals surface area contributed by atoms with E-state index in [4.69, 9.17) is 4.74 Å². The van der Waals surface area contributed by atoms with E-state index in [1.54, 1.807) is 31.4 Å². The number of para-hydroxylation sites is 3. The Morgan fingerprint density at radius 1 is 0.943 bits per heavy atom. The monoisotopic (exact) mass is 487 g/mol. The Morgan fingerprint density at radius 3 is 2.51 bits per heavy atom. The molecule has 0 saturated carbocycles. The number of nitrogens with one attached hydrogen (secondary N) is 2. The minimum absolute atomic E-state index is 0.0844. The van der Waals surface area contributed by atoms with Gasteiger partial charge >= 0.3 is 0 Å². The summed E-state index contributed by atoms with van der Waals surface area (Å²) < 4.78 is 7.31. The van der Waals surface area contributed by atoms with Crippen molar-refractivity contribution in [2.45, 2.75) is 19.0 Å². The highest BCUT2D eigenvalue weighted by Gasteiger charge is 2.18. The molecule has 0 fully saturated rings. The molecule has 0 spiro atoms. The van der Waals surface area contributed by atoms with Gasteiger partial charge in [0, 0.05) is 5.69 Å². The van der Waals surface area contributed by atoms with Crippen molar-refractivity contribution in [3.63, 3.8) is 0 Å². The Labute approximate surface area is 207 Å². The zero-order valence-electron chi connectivity index (χ0n) is 19.6. The average molecular weight is 488 g/mol. The summed E-state index contributed by atoms with van der Waals surface area (Å²) >= 11 is 1.25. The van der Waals surface area contributed by atoms with Gasteiger partial charge in [0.15, 0.2) is 5.16 Å². The van der Waals surface area contributed by atoms with Gasteiger partial charge in [-0.3, -0.25) is 14.2 Å². The number of hydrogen-bond acceptors (Lipinski definition) is 6. The van der Waals surface area contributed by atoms with Crippen molar-refractivity contribution >= 4 is 35.0 Å². The number of benzene rings is 3. The summed E-state index contributed by atoms with van der Waals surface area (Å²) in [6, 6.07) is 22.0. The van der Waals surface area contributed by atoms with Crippen LogP contribution in [0.3, 0.4) is 0 Å². The average Bonchev–Trinajstić information content (AvgIpc) is 3.23. The number of methoxy groups -OCH3 is 1. The fourth-order valence-electron chi connectivity index (χ4n) is 3.56. The number of carbonyl (C=O) groups is 2. The lowest BCUT2D eigenvalue weighted by molar-refractivity contribution is -0.113. The molecule has 0 aliphatic heterocycles. The van der Waals surface area contributed by atoms with E-state index in [2.05, 4.69) is 20.8 Å². The second-order valence-electron chi connectivity index (χ2n) is 7.74. The third-order valence-corrected chi connectivity index (χ3v) is 6.10. The van der Waals surface area contributed by atoms with E-state index in [0.717, 1.165) is 11.3 Å². The number of thioether (sulfide) groups is 1. The minimum Gasteiger partial charge on any atom is -0.495 e. The highest BCUT2D eigenvalue weighted by atomic mass is 32.2. The van der Waals surface area contributed by atoms with Crippen molar-refractivity contribution in [3.8, 4) is 11.4 Å². The van der Waals surface area contributed by atoms with Gasteiger partial charge in [-0.15, -0.1) is 10.2 Å². The third-order valence-electron chi connectivity index (χ3n) is 5.18. The van der Waals surface area contributed by atoms with Gasteiger partial charge in [-0.2, -0.15) is 0 Å². The Balaban J connectivity index is 1.46. The van der Waals surface area contributed by atoms with Crippen LogP contribution in [0.2, 0.25) is 0 Å². The lowest BCUT2D eigenvalue weighted by atomic mass is 10.1. The van der Waals surface area contributed by atoms with Crippen LogP contribution in [0.25, 0.3) is 5.69 Å². The Hall–Kier alpha value is -4.11. The molecule has 8 nitrogen and oxygen atoms in total.